The average Bonchev–Trinajstić information content (AvgIpc) is 3.20. The van der Waals surface area contributed by atoms with E-state index in [1.54, 1.807) is 24.8 Å². The van der Waals surface area contributed by atoms with Crippen LogP contribution in [0.1, 0.15) is 31.7 Å². The van der Waals surface area contributed by atoms with Crippen molar-refractivity contribution >= 4 is 5.95 Å². The van der Waals surface area contributed by atoms with E-state index in [4.69, 9.17) is 4.52 Å². The van der Waals surface area contributed by atoms with Crippen LogP contribution in [0, 0.1) is 0 Å². The monoisotopic (exact) mass is 351 g/mol. The Kier molecular flexibility index (Phi) is 4.83. The number of hydrogen-bond donors (Lipinski definition) is 1. The third-order valence-electron chi connectivity index (χ3n) is 4.57. The summed E-state index contributed by atoms with van der Waals surface area (Å²) in [5, 5.41) is 7.67. The van der Waals surface area contributed by atoms with Gasteiger partial charge in [0.15, 0.2) is 0 Å². The van der Waals surface area contributed by atoms with Gasteiger partial charge >= 0.3 is 0 Å². The number of aromatic nitrogens is 5. The highest BCUT2D eigenvalue weighted by Gasteiger charge is 2.24. The molecule has 1 aliphatic heterocycles. The lowest BCUT2D eigenvalue weighted by molar-refractivity contribution is 0.305. The first-order valence-corrected chi connectivity index (χ1v) is 8.81. The number of rotatable bonds is 5. The molecule has 1 atom stereocenters. The lowest BCUT2D eigenvalue weighted by Gasteiger charge is -2.33. The summed E-state index contributed by atoms with van der Waals surface area (Å²) < 4.78 is 5.44. The fraction of sp³-hybridized carbons (Fsp3) is 0.389. The molecule has 134 valence electrons. The van der Waals surface area contributed by atoms with Crippen LogP contribution in [0.25, 0.3) is 11.4 Å². The highest BCUT2D eigenvalue weighted by atomic mass is 16.5. The van der Waals surface area contributed by atoms with E-state index in [0.29, 0.717) is 17.8 Å². The second-order valence-electron chi connectivity index (χ2n) is 6.39. The Balaban J connectivity index is 1.33. The minimum Gasteiger partial charge on any atom is -0.341 e. The van der Waals surface area contributed by atoms with Crippen molar-refractivity contribution in [3.05, 3.63) is 48.9 Å². The van der Waals surface area contributed by atoms with Crippen molar-refractivity contribution in [1.82, 2.24) is 30.4 Å². The van der Waals surface area contributed by atoms with Crippen molar-refractivity contribution in [3.63, 3.8) is 0 Å². The topological polar surface area (TPSA) is 92.9 Å². The van der Waals surface area contributed by atoms with E-state index in [9.17, 15) is 0 Å². The Morgan fingerprint density at radius 3 is 2.58 bits per heavy atom. The van der Waals surface area contributed by atoms with Gasteiger partial charge in [-0.2, -0.15) is 4.98 Å². The number of hydrogen-bond acceptors (Lipinski definition) is 8. The molecule has 0 amide bonds. The Labute approximate surface area is 151 Å². The maximum absolute atomic E-state index is 5.44. The molecule has 0 radical (unpaired) electrons. The second-order valence-corrected chi connectivity index (χ2v) is 6.39. The van der Waals surface area contributed by atoms with Crippen LogP contribution in [0.2, 0.25) is 0 Å². The number of anilines is 1. The molecule has 0 bridgehead atoms. The molecule has 1 fully saturated rings. The molecule has 4 rings (SSSR count). The SMILES string of the molecule is C[C@H](NC1CCN(c2ncccn2)CC1)c1nc(-c2ccncc2)no1. The maximum Gasteiger partial charge on any atom is 0.243 e. The Hall–Kier alpha value is -2.87. The Bertz CT molecular complexity index is 816. The van der Waals surface area contributed by atoms with Gasteiger partial charge < -0.3 is 14.7 Å². The van der Waals surface area contributed by atoms with Crippen LogP contribution in [0.15, 0.2) is 47.5 Å². The third kappa shape index (κ3) is 3.70. The van der Waals surface area contributed by atoms with Crippen molar-refractivity contribution in [3.8, 4) is 11.4 Å². The highest BCUT2D eigenvalue weighted by molar-refractivity contribution is 5.52. The summed E-state index contributed by atoms with van der Waals surface area (Å²) >= 11 is 0. The third-order valence-corrected chi connectivity index (χ3v) is 4.57. The quantitative estimate of drug-likeness (QED) is 0.748. The molecule has 0 spiro atoms. The Morgan fingerprint density at radius 2 is 1.85 bits per heavy atom. The summed E-state index contributed by atoms with van der Waals surface area (Å²) in [7, 11) is 0. The van der Waals surface area contributed by atoms with E-state index >= 15 is 0 Å². The predicted octanol–water partition coefficient (Wildman–Crippen LogP) is 2.24. The Morgan fingerprint density at radius 1 is 1.12 bits per heavy atom. The van der Waals surface area contributed by atoms with Crippen LogP contribution in [0.3, 0.4) is 0 Å². The van der Waals surface area contributed by atoms with E-state index in [2.05, 4.69) is 42.2 Å². The zero-order valence-corrected chi connectivity index (χ0v) is 14.6. The molecule has 4 heterocycles. The van der Waals surface area contributed by atoms with E-state index in [1.165, 1.54) is 0 Å². The predicted molar refractivity (Wildman–Crippen MR) is 96.3 cm³/mol. The van der Waals surface area contributed by atoms with Gasteiger partial charge in [0.2, 0.25) is 17.7 Å². The average molecular weight is 351 g/mol. The maximum atomic E-state index is 5.44. The molecule has 1 aliphatic rings. The fourth-order valence-electron chi connectivity index (χ4n) is 3.15. The zero-order chi connectivity index (χ0) is 17.8. The summed E-state index contributed by atoms with van der Waals surface area (Å²) in [4.78, 5) is 19.4. The van der Waals surface area contributed by atoms with Gasteiger partial charge in [0.25, 0.3) is 0 Å². The standard InChI is InChI=1S/C18H21N7O/c1-13(17-23-16(24-26-17)14-3-9-19-10-4-14)22-15-5-11-25(12-6-15)18-20-7-2-8-21-18/h2-4,7-10,13,15,22H,5-6,11-12H2,1H3/t13-/m0/s1. The first-order valence-electron chi connectivity index (χ1n) is 8.81. The molecule has 0 aliphatic carbocycles. The van der Waals surface area contributed by atoms with Gasteiger partial charge in [0.05, 0.1) is 6.04 Å². The number of piperidine rings is 1. The number of nitrogens with one attached hydrogen (secondary N) is 1. The highest BCUT2D eigenvalue weighted by Crippen LogP contribution is 2.21. The van der Waals surface area contributed by atoms with Crippen molar-refractivity contribution in [2.75, 3.05) is 18.0 Å². The van der Waals surface area contributed by atoms with Crippen molar-refractivity contribution in [2.45, 2.75) is 31.8 Å². The first kappa shape index (κ1) is 16.6. The molecular weight excluding hydrogens is 330 g/mol. The molecular formula is C18H21N7O. The molecule has 8 nitrogen and oxygen atoms in total. The van der Waals surface area contributed by atoms with Crippen molar-refractivity contribution < 1.29 is 4.52 Å². The van der Waals surface area contributed by atoms with Gasteiger partial charge in [0.1, 0.15) is 0 Å². The van der Waals surface area contributed by atoms with Gasteiger partial charge in [-0.25, -0.2) is 9.97 Å². The van der Waals surface area contributed by atoms with Gasteiger partial charge in [-0.1, -0.05) is 5.16 Å². The smallest absolute Gasteiger partial charge is 0.243 e. The molecule has 0 unspecified atom stereocenters. The molecule has 3 aromatic heterocycles. The van der Waals surface area contributed by atoms with Crippen LogP contribution in [0.4, 0.5) is 5.95 Å². The van der Waals surface area contributed by atoms with E-state index in [-0.39, 0.29) is 6.04 Å². The molecule has 3 aromatic rings. The van der Waals surface area contributed by atoms with Gasteiger partial charge in [-0.05, 0) is 38.0 Å². The van der Waals surface area contributed by atoms with E-state index in [0.717, 1.165) is 37.4 Å². The van der Waals surface area contributed by atoms with Gasteiger partial charge in [0, 0.05) is 49.5 Å². The van der Waals surface area contributed by atoms with Gasteiger partial charge in [-0.3, -0.25) is 4.98 Å². The lowest BCUT2D eigenvalue weighted by atomic mass is 10.0. The van der Waals surface area contributed by atoms with Crippen LogP contribution in [-0.2, 0) is 0 Å². The van der Waals surface area contributed by atoms with Crippen molar-refractivity contribution in [1.29, 1.82) is 0 Å². The zero-order valence-electron chi connectivity index (χ0n) is 14.6. The van der Waals surface area contributed by atoms with Crippen LogP contribution in [0.5, 0.6) is 0 Å². The molecule has 26 heavy (non-hydrogen) atoms. The lowest BCUT2D eigenvalue weighted by Crippen LogP contribution is -2.43. The summed E-state index contributed by atoms with van der Waals surface area (Å²) in [6, 6.07) is 5.98. The molecule has 0 aromatic carbocycles. The second kappa shape index (κ2) is 7.57. The minimum atomic E-state index is 0.00242. The van der Waals surface area contributed by atoms with Crippen molar-refractivity contribution in [2.24, 2.45) is 0 Å². The fourth-order valence-corrected chi connectivity index (χ4v) is 3.15. The normalized spacial score (nSPS) is 16.6. The first-order chi connectivity index (χ1) is 12.8. The van der Waals surface area contributed by atoms with Gasteiger partial charge in [-0.15, -0.1) is 0 Å². The number of pyridine rings is 1. The molecule has 0 saturated carbocycles. The molecule has 8 heteroatoms. The summed E-state index contributed by atoms with van der Waals surface area (Å²) in [6.45, 7) is 3.91. The van der Waals surface area contributed by atoms with Crippen LogP contribution >= 0.6 is 0 Å². The molecule has 1 saturated heterocycles. The van der Waals surface area contributed by atoms with Crippen LogP contribution < -0.4 is 10.2 Å². The summed E-state index contributed by atoms with van der Waals surface area (Å²) in [5.74, 6) is 2.00. The minimum absolute atomic E-state index is 0.00242. The van der Waals surface area contributed by atoms with Crippen LogP contribution in [-0.4, -0.2) is 44.2 Å². The molecule has 1 N–H and O–H groups in total. The van der Waals surface area contributed by atoms with E-state index in [1.807, 2.05) is 18.2 Å². The van der Waals surface area contributed by atoms with E-state index < -0.39 is 0 Å². The number of nitrogens with zero attached hydrogens (tertiary/aromatic N) is 6. The summed E-state index contributed by atoms with van der Waals surface area (Å²) in [5.41, 5.74) is 0.901. The largest absolute Gasteiger partial charge is 0.341 e. The summed E-state index contributed by atoms with van der Waals surface area (Å²) in [6.07, 6.45) is 9.05.